The predicted octanol–water partition coefficient (Wildman–Crippen LogP) is 4.16. The Hall–Kier alpha value is -1.03. The van der Waals surface area contributed by atoms with Crippen LogP contribution in [0.1, 0.15) is 39.4 Å². The molecule has 2 aromatic heterocycles. The van der Waals surface area contributed by atoms with E-state index in [4.69, 9.17) is 4.98 Å². The van der Waals surface area contributed by atoms with Gasteiger partial charge < -0.3 is 4.57 Å². The van der Waals surface area contributed by atoms with Gasteiger partial charge in [0.2, 0.25) is 0 Å². The molecule has 0 aliphatic carbocycles. The highest BCUT2D eigenvalue weighted by Gasteiger charge is 2.22. The lowest BCUT2D eigenvalue weighted by molar-refractivity contribution is 0.378. The second-order valence-electron chi connectivity index (χ2n) is 7.31. The number of imidazole rings is 1. The highest BCUT2D eigenvalue weighted by atomic mass is 32.2. The minimum atomic E-state index is 0.250. The normalized spacial score (nSPS) is 20.0. The van der Waals surface area contributed by atoms with Crippen molar-refractivity contribution >= 4 is 22.9 Å². The summed E-state index contributed by atoms with van der Waals surface area (Å²) < 4.78 is 2.39. The van der Waals surface area contributed by atoms with Gasteiger partial charge in [-0.1, -0.05) is 20.8 Å². The van der Waals surface area contributed by atoms with E-state index in [1.54, 1.807) is 0 Å². The Bertz CT molecular complexity index is 606. The van der Waals surface area contributed by atoms with Gasteiger partial charge in [-0.15, -0.1) is 0 Å². The number of nitrogens with zero attached hydrogens (tertiary/aromatic N) is 3. The largest absolute Gasteiger partial charge is 0.312 e. The summed E-state index contributed by atoms with van der Waals surface area (Å²) in [6.07, 6.45) is 5.58. The Labute approximate surface area is 131 Å². The molecular weight excluding hydrogens is 278 g/mol. The van der Waals surface area contributed by atoms with Gasteiger partial charge in [-0.25, -0.2) is 9.97 Å². The standard InChI is InChI=1S/C17H25N3S/c1-17(2,3)10-15-19-14-7-4-8-18-16(14)20(15)11-13-6-5-9-21-12-13/h4,7-8,13H,5-6,9-12H2,1-3H3. The molecule has 0 bridgehead atoms. The average molecular weight is 303 g/mol. The number of pyridine rings is 1. The molecule has 3 rings (SSSR count). The summed E-state index contributed by atoms with van der Waals surface area (Å²) in [5.74, 6) is 4.57. The number of hydrogen-bond acceptors (Lipinski definition) is 3. The van der Waals surface area contributed by atoms with Crippen molar-refractivity contribution in [3.05, 3.63) is 24.2 Å². The minimum absolute atomic E-state index is 0.250. The van der Waals surface area contributed by atoms with Crippen molar-refractivity contribution in [2.24, 2.45) is 11.3 Å². The number of thioether (sulfide) groups is 1. The highest BCUT2D eigenvalue weighted by Crippen LogP contribution is 2.28. The molecule has 0 N–H and O–H groups in total. The Morgan fingerprint density at radius 2 is 2.24 bits per heavy atom. The van der Waals surface area contributed by atoms with Crippen LogP contribution in [0.3, 0.4) is 0 Å². The third-order valence-corrected chi connectivity index (χ3v) is 5.25. The zero-order valence-electron chi connectivity index (χ0n) is 13.3. The van der Waals surface area contributed by atoms with Gasteiger partial charge in [-0.2, -0.15) is 11.8 Å². The van der Waals surface area contributed by atoms with E-state index in [2.05, 4.69) is 48.2 Å². The summed E-state index contributed by atoms with van der Waals surface area (Å²) in [5.41, 5.74) is 2.35. The summed E-state index contributed by atoms with van der Waals surface area (Å²) in [4.78, 5) is 9.45. The van der Waals surface area contributed by atoms with E-state index in [9.17, 15) is 0 Å². The van der Waals surface area contributed by atoms with E-state index in [0.29, 0.717) is 0 Å². The van der Waals surface area contributed by atoms with E-state index in [0.717, 1.165) is 30.0 Å². The Balaban J connectivity index is 1.94. The zero-order valence-corrected chi connectivity index (χ0v) is 14.1. The average Bonchev–Trinajstić information content (AvgIpc) is 2.76. The van der Waals surface area contributed by atoms with E-state index in [1.165, 1.54) is 30.2 Å². The second kappa shape index (κ2) is 5.99. The molecule has 0 radical (unpaired) electrons. The second-order valence-corrected chi connectivity index (χ2v) is 8.46. The Kier molecular flexibility index (Phi) is 4.25. The van der Waals surface area contributed by atoms with Crippen molar-refractivity contribution in [3.63, 3.8) is 0 Å². The SMILES string of the molecule is CC(C)(C)Cc1nc2cccnc2n1CC1CCCSC1. The fraction of sp³-hybridized carbons (Fsp3) is 0.647. The molecule has 4 heteroatoms. The minimum Gasteiger partial charge on any atom is -0.312 e. The molecule has 114 valence electrons. The smallest absolute Gasteiger partial charge is 0.159 e. The van der Waals surface area contributed by atoms with Crippen LogP contribution in [-0.4, -0.2) is 26.0 Å². The first-order valence-electron chi connectivity index (χ1n) is 7.91. The monoisotopic (exact) mass is 303 g/mol. The number of hydrogen-bond donors (Lipinski definition) is 0. The van der Waals surface area contributed by atoms with Gasteiger partial charge in [-0.05, 0) is 47.8 Å². The fourth-order valence-electron chi connectivity index (χ4n) is 3.02. The first kappa shape index (κ1) is 14.9. The van der Waals surface area contributed by atoms with Crippen molar-refractivity contribution in [3.8, 4) is 0 Å². The van der Waals surface area contributed by atoms with Crippen LogP contribution in [0, 0.1) is 11.3 Å². The van der Waals surface area contributed by atoms with Crippen LogP contribution >= 0.6 is 11.8 Å². The lowest BCUT2D eigenvalue weighted by Crippen LogP contribution is -2.21. The molecule has 0 amide bonds. The summed E-state index contributed by atoms with van der Waals surface area (Å²) in [7, 11) is 0. The van der Waals surface area contributed by atoms with Crippen molar-refractivity contribution in [1.82, 2.24) is 14.5 Å². The van der Waals surface area contributed by atoms with Gasteiger partial charge in [0.1, 0.15) is 11.3 Å². The molecule has 3 nitrogen and oxygen atoms in total. The van der Waals surface area contributed by atoms with Crippen LogP contribution in [0.5, 0.6) is 0 Å². The lowest BCUT2D eigenvalue weighted by atomic mass is 9.92. The van der Waals surface area contributed by atoms with Crippen LogP contribution in [0.4, 0.5) is 0 Å². The number of fused-ring (bicyclic) bond motifs is 1. The molecule has 0 aromatic carbocycles. The third kappa shape index (κ3) is 3.60. The molecule has 1 aliphatic rings. The maximum absolute atomic E-state index is 4.86. The van der Waals surface area contributed by atoms with Gasteiger partial charge in [-0.3, -0.25) is 0 Å². The van der Waals surface area contributed by atoms with Gasteiger partial charge in [0.25, 0.3) is 0 Å². The molecule has 0 saturated carbocycles. The van der Waals surface area contributed by atoms with E-state index < -0.39 is 0 Å². The maximum atomic E-state index is 4.86. The van der Waals surface area contributed by atoms with Crippen molar-refractivity contribution in [1.29, 1.82) is 0 Å². The molecule has 2 aromatic rings. The predicted molar refractivity (Wildman–Crippen MR) is 90.7 cm³/mol. The van der Waals surface area contributed by atoms with Gasteiger partial charge in [0.05, 0.1) is 0 Å². The van der Waals surface area contributed by atoms with Gasteiger partial charge in [0.15, 0.2) is 5.65 Å². The summed E-state index contributed by atoms with van der Waals surface area (Å²) in [5, 5.41) is 0. The maximum Gasteiger partial charge on any atom is 0.159 e. The lowest BCUT2D eigenvalue weighted by Gasteiger charge is -2.24. The van der Waals surface area contributed by atoms with E-state index in [1.807, 2.05) is 12.3 Å². The molecule has 3 heterocycles. The highest BCUT2D eigenvalue weighted by molar-refractivity contribution is 7.99. The van der Waals surface area contributed by atoms with Gasteiger partial charge >= 0.3 is 0 Å². The molecule has 0 spiro atoms. The topological polar surface area (TPSA) is 30.7 Å². The molecule has 1 aliphatic heterocycles. The van der Waals surface area contributed by atoms with Crippen molar-refractivity contribution in [2.75, 3.05) is 11.5 Å². The van der Waals surface area contributed by atoms with E-state index in [-0.39, 0.29) is 5.41 Å². The first-order valence-corrected chi connectivity index (χ1v) is 9.06. The van der Waals surface area contributed by atoms with Crippen LogP contribution in [-0.2, 0) is 13.0 Å². The number of aromatic nitrogens is 3. The Morgan fingerprint density at radius 3 is 2.95 bits per heavy atom. The summed E-state index contributed by atoms with van der Waals surface area (Å²) in [6.45, 7) is 7.91. The number of rotatable bonds is 3. The van der Waals surface area contributed by atoms with Crippen molar-refractivity contribution < 1.29 is 0 Å². The van der Waals surface area contributed by atoms with Crippen LogP contribution < -0.4 is 0 Å². The molecule has 1 atom stereocenters. The fourth-order valence-corrected chi connectivity index (χ4v) is 4.16. The van der Waals surface area contributed by atoms with Gasteiger partial charge in [0, 0.05) is 19.2 Å². The first-order chi connectivity index (χ1) is 10.0. The zero-order chi connectivity index (χ0) is 14.9. The molecule has 21 heavy (non-hydrogen) atoms. The summed E-state index contributed by atoms with van der Waals surface area (Å²) in [6, 6.07) is 4.07. The molecule has 1 fully saturated rings. The molecular formula is C17H25N3S. The van der Waals surface area contributed by atoms with Crippen LogP contribution in [0.25, 0.3) is 11.2 Å². The molecule has 1 saturated heterocycles. The molecule has 1 unspecified atom stereocenters. The Morgan fingerprint density at radius 1 is 1.38 bits per heavy atom. The third-order valence-electron chi connectivity index (χ3n) is 3.97. The van der Waals surface area contributed by atoms with Crippen LogP contribution in [0.15, 0.2) is 18.3 Å². The van der Waals surface area contributed by atoms with E-state index >= 15 is 0 Å². The van der Waals surface area contributed by atoms with Crippen LogP contribution in [0.2, 0.25) is 0 Å². The quantitative estimate of drug-likeness (QED) is 0.853. The summed E-state index contributed by atoms with van der Waals surface area (Å²) >= 11 is 2.10. The van der Waals surface area contributed by atoms with Crippen molar-refractivity contribution in [2.45, 2.75) is 46.6 Å².